The Morgan fingerprint density at radius 2 is 1.72 bits per heavy atom. The number of benzene rings is 1. The zero-order valence-corrected chi connectivity index (χ0v) is 11.8. The fourth-order valence-electron chi connectivity index (χ4n) is 1.45. The third-order valence-corrected chi connectivity index (χ3v) is 2.17. The molecular weight excluding hydrogens is 226 g/mol. The van der Waals surface area contributed by atoms with Gasteiger partial charge in [-0.25, -0.2) is 0 Å². The predicted molar refractivity (Wildman–Crippen MR) is 77.5 cm³/mol. The lowest BCUT2D eigenvalue weighted by Gasteiger charge is -2.16. The van der Waals surface area contributed by atoms with Crippen LogP contribution in [-0.4, -0.2) is 25.2 Å². The molecule has 0 aromatic heterocycles. The maximum absolute atomic E-state index is 5.13. The Hall–Kier alpha value is -1.71. The quantitative estimate of drug-likeness (QED) is 0.637. The van der Waals surface area contributed by atoms with E-state index in [0.717, 1.165) is 17.4 Å². The van der Waals surface area contributed by atoms with Crippen molar-refractivity contribution in [2.45, 2.75) is 39.8 Å². The number of methoxy groups -OCH3 is 1. The van der Waals surface area contributed by atoms with Gasteiger partial charge in [0.15, 0.2) is 5.96 Å². The van der Waals surface area contributed by atoms with Gasteiger partial charge in [0.2, 0.25) is 0 Å². The maximum atomic E-state index is 5.13. The number of guanidine groups is 1. The van der Waals surface area contributed by atoms with Gasteiger partial charge < -0.3 is 15.4 Å². The van der Waals surface area contributed by atoms with E-state index in [1.165, 1.54) is 0 Å². The van der Waals surface area contributed by atoms with Gasteiger partial charge in [0, 0.05) is 17.8 Å². The van der Waals surface area contributed by atoms with Crippen molar-refractivity contribution < 1.29 is 4.74 Å². The third-order valence-electron chi connectivity index (χ3n) is 2.17. The molecule has 2 N–H and O–H groups in total. The van der Waals surface area contributed by atoms with Gasteiger partial charge in [-0.15, -0.1) is 0 Å². The lowest BCUT2D eigenvalue weighted by atomic mass is 10.3. The molecule has 0 fully saturated rings. The summed E-state index contributed by atoms with van der Waals surface area (Å²) >= 11 is 0. The molecule has 0 radical (unpaired) electrons. The summed E-state index contributed by atoms with van der Waals surface area (Å²) in [7, 11) is 1.66. The van der Waals surface area contributed by atoms with E-state index in [4.69, 9.17) is 4.74 Å². The predicted octanol–water partition coefficient (Wildman–Crippen LogP) is 2.87. The zero-order valence-electron chi connectivity index (χ0n) is 11.8. The van der Waals surface area contributed by atoms with Crippen LogP contribution in [0.25, 0.3) is 0 Å². The fraction of sp³-hybridized carbons (Fsp3) is 0.500. The first-order valence-electron chi connectivity index (χ1n) is 6.26. The van der Waals surface area contributed by atoms with Crippen molar-refractivity contribution >= 4 is 11.6 Å². The van der Waals surface area contributed by atoms with Gasteiger partial charge in [-0.05, 0) is 52.0 Å². The SMILES string of the molecule is COc1ccc(NC(=NC(C)C)NC(C)C)cc1. The third kappa shape index (κ3) is 5.08. The minimum absolute atomic E-state index is 0.247. The highest BCUT2D eigenvalue weighted by molar-refractivity contribution is 5.93. The molecule has 0 aliphatic heterocycles. The largest absolute Gasteiger partial charge is 0.497 e. The normalized spacial score (nSPS) is 11.8. The summed E-state index contributed by atoms with van der Waals surface area (Å²) in [5.41, 5.74) is 0.989. The molecule has 18 heavy (non-hydrogen) atoms. The number of anilines is 1. The highest BCUT2D eigenvalue weighted by Gasteiger charge is 2.03. The first kappa shape index (κ1) is 14.4. The smallest absolute Gasteiger partial charge is 0.196 e. The summed E-state index contributed by atoms with van der Waals surface area (Å²) in [5.74, 6) is 1.64. The van der Waals surface area contributed by atoms with Crippen molar-refractivity contribution in [3.05, 3.63) is 24.3 Å². The number of hydrogen-bond donors (Lipinski definition) is 2. The lowest BCUT2D eigenvalue weighted by Crippen LogP contribution is -2.36. The van der Waals surface area contributed by atoms with E-state index in [9.17, 15) is 0 Å². The van der Waals surface area contributed by atoms with Gasteiger partial charge in [0.25, 0.3) is 0 Å². The van der Waals surface area contributed by atoms with Crippen molar-refractivity contribution in [2.24, 2.45) is 4.99 Å². The molecule has 4 heteroatoms. The first-order chi connectivity index (χ1) is 8.51. The summed E-state index contributed by atoms with van der Waals surface area (Å²) in [4.78, 5) is 4.52. The molecule has 1 rings (SSSR count). The van der Waals surface area contributed by atoms with Crippen molar-refractivity contribution in [1.29, 1.82) is 0 Å². The Bertz CT molecular complexity index is 383. The fourth-order valence-corrected chi connectivity index (χ4v) is 1.45. The Balaban J connectivity index is 2.75. The molecule has 0 spiro atoms. The monoisotopic (exact) mass is 249 g/mol. The van der Waals surface area contributed by atoms with Crippen LogP contribution in [0.3, 0.4) is 0 Å². The van der Waals surface area contributed by atoms with E-state index in [1.807, 2.05) is 24.3 Å². The minimum Gasteiger partial charge on any atom is -0.497 e. The van der Waals surface area contributed by atoms with Gasteiger partial charge >= 0.3 is 0 Å². The average Bonchev–Trinajstić information content (AvgIpc) is 2.28. The van der Waals surface area contributed by atoms with E-state index in [1.54, 1.807) is 7.11 Å². The van der Waals surface area contributed by atoms with Crippen LogP contribution in [0, 0.1) is 0 Å². The number of hydrogen-bond acceptors (Lipinski definition) is 2. The highest BCUT2D eigenvalue weighted by Crippen LogP contribution is 2.14. The van der Waals surface area contributed by atoms with Gasteiger partial charge in [0.1, 0.15) is 5.75 Å². The molecule has 0 unspecified atom stereocenters. The summed E-state index contributed by atoms with van der Waals surface area (Å²) < 4.78 is 5.13. The molecule has 0 saturated heterocycles. The van der Waals surface area contributed by atoms with Crippen LogP contribution in [-0.2, 0) is 0 Å². The standard InChI is InChI=1S/C14H23N3O/c1-10(2)15-14(16-11(3)4)17-12-6-8-13(18-5)9-7-12/h6-11H,1-5H3,(H2,15,16,17). The molecule has 0 aliphatic carbocycles. The molecule has 100 valence electrons. The Morgan fingerprint density at radius 1 is 1.11 bits per heavy atom. The topological polar surface area (TPSA) is 45.6 Å². The molecule has 0 aliphatic rings. The van der Waals surface area contributed by atoms with Crippen molar-refractivity contribution in [3.63, 3.8) is 0 Å². The minimum atomic E-state index is 0.247. The van der Waals surface area contributed by atoms with Crippen LogP contribution in [0.2, 0.25) is 0 Å². The van der Waals surface area contributed by atoms with Crippen LogP contribution in [0.5, 0.6) is 5.75 Å². The van der Waals surface area contributed by atoms with Crippen LogP contribution >= 0.6 is 0 Å². The second kappa shape index (κ2) is 6.89. The number of aliphatic imine (C=N–C) groups is 1. The second-order valence-corrected chi connectivity index (χ2v) is 4.72. The number of ether oxygens (including phenoxy) is 1. The number of nitrogens with one attached hydrogen (secondary N) is 2. The summed E-state index contributed by atoms with van der Waals surface area (Å²) in [6, 6.07) is 8.37. The van der Waals surface area contributed by atoms with Crippen molar-refractivity contribution in [1.82, 2.24) is 5.32 Å². The van der Waals surface area contributed by atoms with Gasteiger partial charge in [-0.1, -0.05) is 0 Å². The van der Waals surface area contributed by atoms with E-state index in [0.29, 0.717) is 6.04 Å². The van der Waals surface area contributed by atoms with Crippen LogP contribution in [0.15, 0.2) is 29.3 Å². The van der Waals surface area contributed by atoms with Crippen LogP contribution in [0.1, 0.15) is 27.7 Å². The summed E-state index contributed by atoms with van der Waals surface area (Å²) in [6.07, 6.45) is 0. The number of rotatable bonds is 4. The molecule has 1 aromatic carbocycles. The molecular formula is C14H23N3O. The van der Waals surface area contributed by atoms with Gasteiger partial charge in [0.05, 0.1) is 7.11 Å². The van der Waals surface area contributed by atoms with Crippen molar-refractivity contribution in [3.8, 4) is 5.75 Å². The molecule has 1 aromatic rings. The Labute approximate surface area is 109 Å². The summed E-state index contributed by atoms with van der Waals surface area (Å²) in [5, 5.41) is 6.57. The number of nitrogens with zero attached hydrogens (tertiary/aromatic N) is 1. The Kier molecular flexibility index (Phi) is 5.49. The summed E-state index contributed by atoms with van der Waals surface area (Å²) in [6.45, 7) is 8.28. The lowest BCUT2D eigenvalue weighted by molar-refractivity contribution is 0.415. The van der Waals surface area contributed by atoms with E-state index >= 15 is 0 Å². The van der Waals surface area contributed by atoms with Gasteiger partial charge in [-0.3, -0.25) is 4.99 Å². The Morgan fingerprint density at radius 3 is 2.17 bits per heavy atom. The molecule has 4 nitrogen and oxygen atoms in total. The first-order valence-corrected chi connectivity index (χ1v) is 6.26. The maximum Gasteiger partial charge on any atom is 0.196 e. The molecule has 0 saturated carbocycles. The van der Waals surface area contributed by atoms with Crippen LogP contribution in [0.4, 0.5) is 5.69 Å². The average molecular weight is 249 g/mol. The highest BCUT2D eigenvalue weighted by atomic mass is 16.5. The second-order valence-electron chi connectivity index (χ2n) is 4.72. The van der Waals surface area contributed by atoms with Gasteiger partial charge in [-0.2, -0.15) is 0 Å². The van der Waals surface area contributed by atoms with E-state index < -0.39 is 0 Å². The molecule has 0 heterocycles. The molecule has 0 atom stereocenters. The van der Waals surface area contributed by atoms with Crippen LogP contribution < -0.4 is 15.4 Å². The van der Waals surface area contributed by atoms with E-state index in [2.05, 4.69) is 43.3 Å². The van der Waals surface area contributed by atoms with Crippen molar-refractivity contribution in [2.75, 3.05) is 12.4 Å². The zero-order chi connectivity index (χ0) is 13.5. The molecule has 0 bridgehead atoms. The molecule has 0 amide bonds. The van der Waals surface area contributed by atoms with E-state index in [-0.39, 0.29) is 6.04 Å².